The zero-order valence-electron chi connectivity index (χ0n) is 8.75. The Labute approximate surface area is 104 Å². The first-order valence-corrected chi connectivity index (χ1v) is 5.30. The van der Waals surface area contributed by atoms with Crippen LogP contribution in [0.15, 0.2) is 22.7 Å². The van der Waals surface area contributed by atoms with Crippen molar-refractivity contribution in [2.45, 2.75) is 6.18 Å². The van der Waals surface area contributed by atoms with E-state index in [0.29, 0.717) is 4.47 Å². The van der Waals surface area contributed by atoms with Crippen molar-refractivity contribution in [3.05, 3.63) is 28.2 Å². The van der Waals surface area contributed by atoms with E-state index in [1.807, 2.05) is 0 Å². The highest BCUT2D eigenvalue weighted by Crippen LogP contribution is 2.25. The maximum Gasteiger partial charge on any atom is 0.405 e. The predicted molar refractivity (Wildman–Crippen MR) is 60.4 cm³/mol. The number of nitrogens with zero attached hydrogens (tertiary/aromatic N) is 1. The minimum absolute atomic E-state index is 0.0663. The SMILES string of the molecule is CN(CC(F)(F)F)c1cc(Br)cc(C(=O)O)c1. The molecule has 0 saturated carbocycles. The monoisotopic (exact) mass is 311 g/mol. The van der Waals surface area contributed by atoms with E-state index < -0.39 is 18.7 Å². The highest BCUT2D eigenvalue weighted by molar-refractivity contribution is 9.10. The molecule has 0 aromatic heterocycles. The minimum Gasteiger partial charge on any atom is -0.478 e. The van der Waals surface area contributed by atoms with Crippen LogP contribution in [-0.4, -0.2) is 30.8 Å². The quantitative estimate of drug-likeness (QED) is 0.932. The van der Waals surface area contributed by atoms with Gasteiger partial charge in [0, 0.05) is 17.2 Å². The summed E-state index contributed by atoms with van der Waals surface area (Å²) in [5.74, 6) is -1.19. The first-order chi connectivity index (χ1) is 7.69. The zero-order valence-corrected chi connectivity index (χ0v) is 10.3. The van der Waals surface area contributed by atoms with E-state index >= 15 is 0 Å². The van der Waals surface area contributed by atoms with E-state index in [0.717, 1.165) is 4.90 Å². The summed E-state index contributed by atoms with van der Waals surface area (Å²) in [4.78, 5) is 11.7. The second-order valence-corrected chi connectivity index (χ2v) is 4.39. The van der Waals surface area contributed by atoms with Crippen molar-refractivity contribution < 1.29 is 23.1 Å². The van der Waals surface area contributed by atoms with Gasteiger partial charge in [0.1, 0.15) is 6.54 Å². The van der Waals surface area contributed by atoms with Gasteiger partial charge in [-0.05, 0) is 18.2 Å². The Bertz CT molecular complexity index is 434. The Kier molecular flexibility index (Phi) is 4.03. The van der Waals surface area contributed by atoms with Gasteiger partial charge in [-0.3, -0.25) is 0 Å². The molecule has 1 aromatic rings. The first-order valence-electron chi connectivity index (χ1n) is 4.51. The number of hydrogen-bond donors (Lipinski definition) is 1. The minimum atomic E-state index is -4.33. The molecule has 0 spiro atoms. The summed E-state index contributed by atoms with van der Waals surface area (Å²) >= 11 is 3.06. The Morgan fingerprint density at radius 2 is 2.00 bits per heavy atom. The summed E-state index contributed by atoms with van der Waals surface area (Å²) in [7, 11) is 1.25. The van der Waals surface area contributed by atoms with Crippen LogP contribution in [0.1, 0.15) is 10.4 Å². The van der Waals surface area contributed by atoms with Crippen LogP contribution in [0.3, 0.4) is 0 Å². The maximum atomic E-state index is 12.2. The maximum absolute atomic E-state index is 12.2. The molecule has 0 atom stereocenters. The fourth-order valence-corrected chi connectivity index (χ4v) is 1.76. The summed E-state index contributed by atoms with van der Waals surface area (Å²) in [6, 6.07) is 3.95. The number of rotatable bonds is 3. The molecule has 1 aromatic carbocycles. The third-order valence-electron chi connectivity index (χ3n) is 1.99. The van der Waals surface area contributed by atoms with Crippen molar-refractivity contribution in [1.82, 2.24) is 0 Å². The van der Waals surface area contributed by atoms with Crippen LogP contribution in [-0.2, 0) is 0 Å². The molecule has 0 bridgehead atoms. The van der Waals surface area contributed by atoms with Gasteiger partial charge in [-0.15, -0.1) is 0 Å². The molecule has 0 radical (unpaired) electrons. The van der Waals surface area contributed by atoms with Gasteiger partial charge >= 0.3 is 12.1 Å². The predicted octanol–water partition coefficient (Wildman–Crippen LogP) is 3.15. The van der Waals surface area contributed by atoms with E-state index in [9.17, 15) is 18.0 Å². The van der Waals surface area contributed by atoms with Gasteiger partial charge in [-0.1, -0.05) is 15.9 Å². The summed E-state index contributed by atoms with van der Waals surface area (Å²) in [5.41, 5.74) is 0.123. The molecule has 17 heavy (non-hydrogen) atoms. The highest BCUT2D eigenvalue weighted by atomic mass is 79.9. The number of halogens is 4. The van der Waals surface area contributed by atoms with Crippen LogP contribution in [0.5, 0.6) is 0 Å². The normalized spacial score (nSPS) is 11.4. The van der Waals surface area contributed by atoms with E-state index in [2.05, 4.69) is 15.9 Å². The molecule has 94 valence electrons. The lowest BCUT2D eigenvalue weighted by Crippen LogP contribution is -2.30. The number of anilines is 1. The van der Waals surface area contributed by atoms with Crippen molar-refractivity contribution >= 4 is 27.6 Å². The van der Waals surface area contributed by atoms with Crippen LogP contribution >= 0.6 is 15.9 Å². The Hall–Kier alpha value is -1.24. The van der Waals surface area contributed by atoms with Gasteiger partial charge in [0.2, 0.25) is 0 Å². The lowest BCUT2D eigenvalue weighted by molar-refractivity contribution is -0.119. The molecule has 7 heteroatoms. The van der Waals surface area contributed by atoms with Crippen molar-refractivity contribution in [2.75, 3.05) is 18.5 Å². The molecule has 0 aliphatic carbocycles. The van der Waals surface area contributed by atoms with Crippen LogP contribution < -0.4 is 4.90 Å². The molecule has 3 nitrogen and oxygen atoms in total. The van der Waals surface area contributed by atoms with Crippen molar-refractivity contribution in [1.29, 1.82) is 0 Å². The van der Waals surface area contributed by atoms with Crippen molar-refractivity contribution in [3.63, 3.8) is 0 Å². The van der Waals surface area contributed by atoms with Gasteiger partial charge in [0.15, 0.2) is 0 Å². The lowest BCUT2D eigenvalue weighted by atomic mass is 10.2. The first kappa shape index (κ1) is 13.8. The summed E-state index contributed by atoms with van der Waals surface area (Å²) in [6.45, 7) is -1.14. The number of carboxylic acids is 1. The Morgan fingerprint density at radius 1 is 1.41 bits per heavy atom. The van der Waals surface area contributed by atoms with Gasteiger partial charge in [0.05, 0.1) is 5.56 Å². The van der Waals surface area contributed by atoms with Gasteiger partial charge in [-0.2, -0.15) is 13.2 Å². The molecular weight excluding hydrogens is 303 g/mol. The van der Waals surface area contributed by atoms with Crippen LogP contribution in [0.25, 0.3) is 0 Å². The van der Waals surface area contributed by atoms with Gasteiger partial charge in [0.25, 0.3) is 0 Å². The smallest absolute Gasteiger partial charge is 0.405 e. The summed E-state index contributed by atoms with van der Waals surface area (Å²) in [6.07, 6.45) is -4.33. The molecule has 0 aliphatic rings. The molecule has 0 amide bonds. The van der Waals surface area contributed by atoms with Crippen LogP contribution in [0.4, 0.5) is 18.9 Å². The van der Waals surface area contributed by atoms with E-state index in [1.165, 1.54) is 25.2 Å². The lowest BCUT2D eigenvalue weighted by Gasteiger charge is -2.21. The Morgan fingerprint density at radius 3 is 2.47 bits per heavy atom. The fraction of sp³-hybridized carbons (Fsp3) is 0.300. The highest BCUT2D eigenvalue weighted by Gasteiger charge is 2.29. The molecule has 0 aliphatic heterocycles. The van der Waals surface area contributed by atoms with Crippen LogP contribution in [0.2, 0.25) is 0 Å². The third kappa shape index (κ3) is 4.26. The molecular formula is C10H9BrF3NO2. The molecule has 0 unspecified atom stereocenters. The second kappa shape index (κ2) is 4.95. The number of benzene rings is 1. The van der Waals surface area contributed by atoms with Crippen molar-refractivity contribution in [2.24, 2.45) is 0 Å². The molecule has 1 N–H and O–H groups in total. The van der Waals surface area contributed by atoms with Gasteiger partial charge < -0.3 is 10.0 Å². The van der Waals surface area contributed by atoms with E-state index in [1.54, 1.807) is 0 Å². The third-order valence-corrected chi connectivity index (χ3v) is 2.44. The van der Waals surface area contributed by atoms with Crippen LogP contribution in [0, 0.1) is 0 Å². The molecule has 0 heterocycles. The zero-order chi connectivity index (χ0) is 13.2. The number of aromatic carboxylic acids is 1. The number of alkyl halides is 3. The van der Waals surface area contributed by atoms with E-state index in [4.69, 9.17) is 5.11 Å². The fourth-order valence-electron chi connectivity index (χ4n) is 1.28. The number of hydrogen-bond acceptors (Lipinski definition) is 2. The van der Waals surface area contributed by atoms with E-state index in [-0.39, 0.29) is 11.3 Å². The second-order valence-electron chi connectivity index (χ2n) is 3.47. The standard InChI is InChI=1S/C10H9BrF3NO2/c1-15(5-10(12,13)14)8-3-6(9(16)17)2-7(11)4-8/h2-4H,5H2,1H3,(H,16,17). The molecule has 0 fully saturated rings. The number of carboxylic acid groups (broad SMARTS) is 1. The molecule has 0 saturated heterocycles. The summed E-state index contributed by atoms with van der Waals surface area (Å²) < 4.78 is 37.0. The van der Waals surface area contributed by atoms with Gasteiger partial charge in [-0.25, -0.2) is 4.79 Å². The summed E-state index contributed by atoms with van der Waals surface area (Å²) in [5, 5.41) is 8.79. The molecule has 1 rings (SSSR count). The number of carbonyl (C=O) groups is 1. The Balaban J connectivity index is 3.01. The average molecular weight is 312 g/mol. The largest absolute Gasteiger partial charge is 0.478 e. The average Bonchev–Trinajstić information content (AvgIpc) is 2.13. The van der Waals surface area contributed by atoms with Crippen molar-refractivity contribution in [3.8, 4) is 0 Å². The topological polar surface area (TPSA) is 40.5 Å².